The number of hydrogen-bond donors (Lipinski definition) is 2. The van der Waals surface area contributed by atoms with Gasteiger partial charge in [0.05, 0.1) is 12.8 Å². The van der Waals surface area contributed by atoms with Gasteiger partial charge in [0, 0.05) is 6.54 Å². The van der Waals surface area contributed by atoms with Crippen molar-refractivity contribution < 1.29 is 9.21 Å². The Hall–Kier alpha value is -1.45. The molecule has 4 nitrogen and oxygen atoms in total. The smallest absolute Gasteiger partial charge is 0.315 e. The second-order valence-electron chi connectivity index (χ2n) is 2.29. The molecule has 1 aromatic rings. The van der Waals surface area contributed by atoms with Crippen LogP contribution in [0.4, 0.5) is 4.79 Å². The van der Waals surface area contributed by atoms with Crippen LogP contribution in [0.5, 0.6) is 0 Å². The lowest BCUT2D eigenvalue weighted by atomic mass is 10.4. The molecule has 1 rings (SSSR count). The van der Waals surface area contributed by atoms with Crippen molar-refractivity contribution in [3.8, 4) is 0 Å². The number of nitrogens with one attached hydrogen (secondary N) is 2. The summed E-state index contributed by atoms with van der Waals surface area (Å²) >= 11 is 0. The molecule has 0 saturated carbocycles. The number of carbonyl (C=O) groups is 1. The first-order valence-corrected chi connectivity index (χ1v) is 3.87. The van der Waals surface area contributed by atoms with Crippen LogP contribution in [0.15, 0.2) is 22.8 Å². The van der Waals surface area contributed by atoms with Gasteiger partial charge in [-0.05, 0) is 19.1 Å². The number of carbonyl (C=O) groups excluding carboxylic acids is 1. The van der Waals surface area contributed by atoms with E-state index in [1.165, 1.54) is 0 Å². The third-order valence-corrected chi connectivity index (χ3v) is 1.34. The highest BCUT2D eigenvalue weighted by atomic mass is 16.3. The first-order valence-electron chi connectivity index (χ1n) is 3.87. The summed E-state index contributed by atoms with van der Waals surface area (Å²) < 4.78 is 5.02. The highest BCUT2D eigenvalue weighted by molar-refractivity contribution is 5.73. The number of hydrogen-bond acceptors (Lipinski definition) is 2. The largest absolute Gasteiger partial charge is 0.467 e. The molecule has 12 heavy (non-hydrogen) atoms. The van der Waals surface area contributed by atoms with Gasteiger partial charge >= 0.3 is 6.03 Å². The highest BCUT2D eigenvalue weighted by Gasteiger charge is 1.98. The predicted molar refractivity (Wildman–Crippen MR) is 44.6 cm³/mol. The Balaban J connectivity index is 2.22. The van der Waals surface area contributed by atoms with Crippen LogP contribution in [0.25, 0.3) is 0 Å². The molecule has 2 amide bonds. The lowest BCUT2D eigenvalue weighted by Gasteiger charge is -2.02. The summed E-state index contributed by atoms with van der Waals surface area (Å²) in [4.78, 5) is 10.9. The Morgan fingerprint density at radius 2 is 2.42 bits per heavy atom. The summed E-state index contributed by atoms with van der Waals surface area (Å²) in [5.74, 6) is 0.751. The van der Waals surface area contributed by atoms with Crippen molar-refractivity contribution in [2.75, 3.05) is 6.54 Å². The van der Waals surface area contributed by atoms with Crippen molar-refractivity contribution in [1.82, 2.24) is 10.6 Å². The fourth-order valence-electron chi connectivity index (χ4n) is 0.804. The lowest BCUT2D eigenvalue weighted by molar-refractivity contribution is 0.240. The highest BCUT2D eigenvalue weighted by Crippen LogP contribution is 1.97. The summed E-state index contributed by atoms with van der Waals surface area (Å²) in [6.45, 7) is 2.93. The summed E-state index contributed by atoms with van der Waals surface area (Å²) in [7, 11) is 0. The fourth-order valence-corrected chi connectivity index (χ4v) is 0.804. The standard InChI is InChI=1S/C8H12N2O2/c1-2-9-8(11)10-6-7-4-3-5-12-7/h3-5H,2,6H2,1H3,(H2,9,10,11). The number of amides is 2. The molecular weight excluding hydrogens is 156 g/mol. The van der Waals surface area contributed by atoms with Crippen LogP contribution in [-0.4, -0.2) is 12.6 Å². The van der Waals surface area contributed by atoms with Crippen molar-refractivity contribution in [2.24, 2.45) is 0 Å². The maximum absolute atomic E-state index is 10.9. The molecule has 0 aliphatic heterocycles. The summed E-state index contributed by atoms with van der Waals surface area (Å²) in [5.41, 5.74) is 0. The molecule has 0 saturated heterocycles. The summed E-state index contributed by atoms with van der Waals surface area (Å²) in [6.07, 6.45) is 1.58. The molecule has 1 aromatic heterocycles. The first kappa shape index (κ1) is 8.64. The molecule has 0 atom stereocenters. The molecule has 0 aliphatic rings. The molecule has 0 aromatic carbocycles. The van der Waals surface area contributed by atoms with Crippen LogP contribution >= 0.6 is 0 Å². The Morgan fingerprint density at radius 1 is 1.58 bits per heavy atom. The number of furan rings is 1. The van der Waals surface area contributed by atoms with Gasteiger partial charge < -0.3 is 15.1 Å². The SMILES string of the molecule is CCNC(=O)NCc1ccco1. The maximum Gasteiger partial charge on any atom is 0.315 e. The van der Waals surface area contributed by atoms with E-state index in [2.05, 4.69) is 10.6 Å². The Bertz CT molecular complexity index is 231. The normalized spacial score (nSPS) is 9.42. The average Bonchev–Trinajstić information content (AvgIpc) is 2.53. The van der Waals surface area contributed by atoms with Gasteiger partial charge in [-0.2, -0.15) is 0 Å². The van der Waals surface area contributed by atoms with Gasteiger partial charge in [0.25, 0.3) is 0 Å². The maximum atomic E-state index is 10.9. The lowest BCUT2D eigenvalue weighted by Crippen LogP contribution is -2.34. The van der Waals surface area contributed by atoms with E-state index in [4.69, 9.17) is 4.42 Å². The van der Waals surface area contributed by atoms with Gasteiger partial charge in [-0.15, -0.1) is 0 Å². The van der Waals surface area contributed by atoms with E-state index in [1.54, 1.807) is 12.3 Å². The predicted octanol–water partition coefficient (Wildman–Crippen LogP) is 1.10. The Labute approximate surface area is 70.9 Å². The molecule has 66 valence electrons. The summed E-state index contributed by atoms with van der Waals surface area (Å²) in [5, 5.41) is 5.26. The van der Waals surface area contributed by atoms with E-state index in [1.807, 2.05) is 13.0 Å². The molecule has 1 heterocycles. The van der Waals surface area contributed by atoms with Crippen LogP contribution < -0.4 is 10.6 Å². The topological polar surface area (TPSA) is 54.3 Å². The fraction of sp³-hybridized carbons (Fsp3) is 0.375. The van der Waals surface area contributed by atoms with Gasteiger partial charge in [-0.25, -0.2) is 4.79 Å². The van der Waals surface area contributed by atoms with Crippen molar-refractivity contribution in [3.63, 3.8) is 0 Å². The third kappa shape index (κ3) is 2.65. The van der Waals surface area contributed by atoms with E-state index in [0.29, 0.717) is 13.1 Å². The summed E-state index contributed by atoms with van der Waals surface area (Å²) in [6, 6.07) is 3.43. The van der Waals surface area contributed by atoms with Gasteiger partial charge in [-0.1, -0.05) is 0 Å². The van der Waals surface area contributed by atoms with Crippen LogP contribution in [0.3, 0.4) is 0 Å². The van der Waals surface area contributed by atoms with Gasteiger partial charge in [0.2, 0.25) is 0 Å². The first-order chi connectivity index (χ1) is 5.83. The second-order valence-corrected chi connectivity index (χ2v) is 2.29. The monoisotopic (exact) mass is 168 g/mol. The number of urea groups is 1. The molecule has 0 unspecified atom stereocenters. The zero-order valence-corrected chi connectivity index (χ0v) is 6.96. The number of rotatable bonds is 3. The molecule has 0 bridgehead atoms. The van der Waals surface area contributed by atoms with Crippen LogP contribution in [-0.2, 0) is 6.54 Å². The van der Waals surface area contributed by atoms with Crippen molar-refractivity contribution in [1.29, 1.82) is 0 Å². The molecule has 0 radical (unpaired) electrons. The minimum absolute atomic E-state index is 0.172. The Morgan fingerprint density at radius 3 is 3.00 bits per heavy atom. The zero-order valence-electron chi connectivity index (χ0n) is 6.96. The quantitative estimate of drug-likeness (QED) is 0.710. The van der Waals surface area contributed by atoms with Crippen molar-refractivity contribution in [3.05, 3.63) is 24.2 Å². The van der Waals surface area contributed by atoms with E-state index in [9.17, 15) is 4.79 Å². The minimum Gasteiger partial charge on any atom is -0.467 e. The van der Waals surface area contributed by atoms with Crippen LogP contribution in [0.2, 0.25) is 0 Å². The molecule has 0 aliphatic carbocycles. The zero-order chi connectivity index (χ0) is 8.81. The van der Waals surface area contributed by atoms with E-state index in [0.717, 1.165) is 5.76 Å². The van der Waals surface area contributed by atoms with Crippen LogP contribution in [0, 0.1) is 0 Å². The molecule has 4 heteroatoms. The van der Waals surface area contributed by atoms with E-state index >= 15 is 0 Å². The minimum atomic E-state index is -0.172. The molecular formula is C8H12N2O2. The van der Waals surface area contributed by atoms with Crippen molar-refractivity contribution >= 4 is 6.03 Å². The van der Waals surface area contributed by atoms with E-state index in [-0.39, 0.29) is 6.03 Å². The molecule has 0 spiro atoms. The van der Waals surface area contributed by atoms with Gasteiger partial charge in [-0.3, -0.25) is 0 Å². The molecule has 2 N–H and O–H groups in total. The van der Waals surface area contributed by atoms with Gasteiger partial charge in [0.15, 0.2) is 0 Å². The Kier molecular flexibility index (Phi) is 3.19. The van der Waals surface area contributed by atoms with Crippen LogP contribution in [0.1, 0.15) is 12.7 Å². The van der Waals surface area contributed by atoms with Crippen molar-refractivity contribution in [2.45, 2.75) is 13.5 Å². The average molecular weight is 168 g/mol. The third-order valence-electron chi connectivity index (χ3n) is 1.34. The van der Waals surface area contributed by atoms with E-state index < -0.39 is 0 Å². The second kappa shape index (κ2) is 4.43. The van der Waals surface area contributed by atoms with Gasteiger partial charge in [0.1, 0.15) is 5.76 Å². The molecule has 0 fully saturated rings.